The van der Waals surface area contributed by atoms with E-state index in [9.17, 15) is 15.0 Å². The van der Waals surface area contributed by atoms with Crippen LogP contribution in [0.2, 0.25) is 5.15 Å². The summed E-state index contributed by atoms with van der Waals surface area (Å²) in [7, 11) is 0. The Kier molecular flexibility index (Phi) is 5.56. The third-order valence-corrected chi connectivity index (χ3v) is 3.37. The van der Waals surface area contributed by atoms with E-state index >= 15 is 0 Å². The summed E-state index contributed by atoms with van der Waals surface area (Å²) < 4.78 is 0. The number of hydrogen-bond donors (Lipinski definition) is 2. The molecule has 0 aromatic carbocycles. The number of aromatic nitrogens is 1. The Morgan fingerprint density at radius 1 is 1.67 bits per heavy atom. The van der Waals surface area contributed by atoms with Gasteiger partial charge >= 0.3 is 0 Å². The van der Waals surface area contributed by atoms with Crippen LogP contribution >= 0.6 is 23.4 Å². The van der Waals surface area contributed by atoms with Gasteiger partial charge < -0.3 is 10.2 Å². The highest BCUT2D eigenvalue weighted by Gasteiger charge is 2.22. The van der Waals surface area contributed by atoms with Gasteiger partial charge in [-0.1, -0.05) is 23.4 Å². The molecule has 2 atom stereocenters. The van der Waals surface area contributed by atoms with E-state index in [1.807, 2.05) is 6.07 Å². The minimum atomic E-state index is -1.29. The number of rotatable bonds is 4. The number of pyridine rings is 1. The van der Waals surface area contributed by atoms with E-state index in [0.29, 0.717) is 0 Å². The number of thioether (sulfide) groups is 1. The van der Waals surface area contributed by atoms with Gasteiger partial charge in [0.2, 0.25) is 0 Å². The molecule has 1 heterocycles. The summed E-state index contributed by atoms with van der Waals surface area (Å²) in [5.74, 6) is 0.0452. The minimum Gasteiger partial charge on any atom is -0.389 e. The zero-order valence-electron chi connectivity index (χ0n) is 9.50. The first-order valence-corrected chi connectivity index (χ1v) is 6.37. The highest BCUT2D eigenvalue weighted by atomic mass is 35.5. The van der Waals surface area contributed by atoms with E-state index in [1.165, 1.54) is 19.2 Å². The second-order valence-corrected chi connectivity index (χ2v) is 5.09. The standard InChI is InChI=1S/C11H11ClN2O3S/c1-6(15)18-5-9(16)10(17)8-2-7(3-13)4-14-11(8)12/h2,4,9-10,16-17H,5H2,1H3. The first kappa shape index (κ1) is 14.9. The normalized spacial score (nSPS) is 13.7. The number of carbonyl (C=O) groups excluding carboxylic acids is 1. The van der Waals surface area contributed by atoms with Gasteiger partial charge in [-0.15, -0.1) is 0 Å². The van der Waals surface area contributed by atoms with Gasteiger partial charge in [-0.05, 0) is 6.07 Å². The number of hydrogen-bond acceptors (Lipinski definition) is 6. The molecule has 0 bridgehead atoms. The lowest BCUT2D eigenvalue weighted by molar-refractivity contribution is -0.109. The smallest absolute Gasteiger partial charge is 0.185 e. The zero-order chi connectivity index (χ0) is 13.7. The van der Waals surface area contributed by atoms with Gasteiger partial charge in [-0.25, -0.2) is 4.98 Å². The van der Waals surface area contributed by atoms with Crippen molar-refractivity contribution in [3.63, 3.8) is 0 Å². The molecule has 18 heavy (non-hydrogen) atoms. The van der Waals surface area contributed by atoms with Crippen LogP contribution in [0.5, 0.6) is 0 Å². The Labute approximate surface area is 113 Å². The summed E-state index contributed by atoms with van der Waals surface area (Å²) in [6, 6.07) is 3.23. The molecule has 0 spiro atoms. The van der Waals surface area contributed by atoms with Crippen LogP contribution in [0.25, 0.3) is 0 Å². The van der Waals surface area contributed by atoms with Crippen molar-refractivity contribution in [1.29, 1.82) is 5.26 Å². The zero-order valence-corrected chi connectivity index (χ0v) is 11.1. The lowest BCUT2D eigenvalue weighted by atomic mass is 10.1. The molecule has 0 aliphatic carbocycles. The van der Waals surface area contributed by atoms with Gasteiger partial charge in [0.15, 0.2) is 5.12 Å². The van der Waals surface area contributed by atoms with Crippen LogP contribution in [0, 0.1) is 11.3 Å². The van der Waals surface area contributed by atoms with E-state index < -0.39 is 12.2 Å². The third kappa shape index (κ3) is 3.96. The van der Waals surface area contributed by atoms with Crippen molar-refractivity contribution < 1.29 is 15.0 Å². The van der Waals surface area contributed by atoms with Crippen molar-refractivity contribution in [2.75, 3.05) is 5.75 Å². The molecule has 1 rings (SSSR count). The number of carbonyl (C=O) groups is 1. The van der Waals surface area contributed by atoms with Gasteiger partial charge in [0.05, 0.1) is 11.7 Å². The molecule has 2 N–H and O–H groups in total. The number of nitriles is 1. The topological polar surface area (TPSA) is 94.2 Å². The van der Waals surface area contributed by atoms with Crippen molar-refractivity contribution in [2.24, 2.45) is 0 Å². The first-order valence-electron chi connectivity index (χ1n) is 5.00. The Hall–Kier alpha value is -1.13. The average Bonchev–Trinajstić information content (AvgIpc) is 2.35. The Morgan fingerprint density at radius 3 is 2.89 bits per heavy atom. The largest absolute Gasteiger partial charge is 0.389 e. The average molecular weight is 287 g/mol. The number of halogens is 1. The molecule has 0 fully saturated rings. The van der Waals surface area contributed by atoms with E-state index in [1.54, 1.807) is 0 Å². The molecule has 0 saturated carbocycles. The minimum absolute atomic E-state index is 0.0216. The molecular formula is C11H11ClN2O3S. The highest BCUT2D eigenvalue weighted by molar-refractivity contribution is 8.13. The maximum absolute atomic E-state index is 10.8. The van der Waals surface area contributed by atoms with Crippen LogP contribution in [0.15, 0.2) is 12.3 Å². The maximum atomic E-state index is 10.8. The molecule has 0 amide bonds. The highest BCUT2D eigenvalue weighted by Crippen LogP contribution is 2.26. The van der Waals surface area contributed by atoms with Crippen molar-refractivity contribution >= 4 is 28.5 Å². The summed E-state index contributed by atoms with van der Waals surface area (Å²) in [5.41, 5.74) is 0.409. The quantitative estimate of drug-likeness (QED) is 0.810. The second kappa shape index (κ2) is 6.71. The van der Waals surface area contributed by atoms with E-state index in [2.05, 4.69) is 4.98 Å². The first-order chi connectivity index (χ1) is 8.45. The lowest BCUT2D eigenvalue weighted by Crippen LogP contribution is -2.22. The van der Waals surface area contributed by atoms with Crippen molar-refractivity contribution in [2.45, 2.75) is 19.1 Å². The summed E-state index contributed by atoms with van der Waals surface area (Å²) in [4.78, 5) is 14.5. The molecular weight excluding hydrogens is 276 g/mol. The monoisotopic (exact) mass is 286 g/mol. The van der Waals surface area contributed by atoms with Crippen LogP contribution in [0.3, 0.4) is 0 Å². The molecule has 0 aliphatic rings. The van der Waals surface area contributed by atoms with E-state index in [4.69, 9.17) is 16.9 Å². The maximum Gasteiger partial charge on any atom is 0.185 e. The summed E-state index contributed by atoms with van der Waals surface area (Å²) in [6.45, 7) is 1.37. The van der Waals surface area contributed by atoms with Gasteiger partial charge in [0.25, 0.3) is 0 Å². The fourth-order valence-electron chi connectivity index (χ4n) is 1.23. The van der Waals surface area contributed by atoms with Crippen LogP contribution in [-0.2, 0) is 4.79 Å². The number of aliphatic hydroxyl groups is 2. The Bertz CT molecular complexity index is 490. The predicted octanol–water partition coefficient (Wildman–Crippen LogP) is 1.28. The molecule has 7 heteroatoms. The molecule has 96 valence electrons. The van der Waals surface area contributed by atoms with Crippen LogP contribution in [0.1, 0.15) is 24.2 Å². The Balaban J connectivity index is 2.85. The molecule has 5 nitrogen and oxygen atoms in total. The van der Waals surface area contributed by atoms with Gasteiger partial charge in [-0.2, -0.15) is 5.26 Å². The van der Waals surface area contributed by atoms with Crippen molar-refractivity contribution in [3.05, 3.63) is 28.5 Å². The van der Waals surface area contributed by atoms with Crippen LogP contribution in [0.4, 0.5) is 0 Å². The van der Waals surface area contributed by atoms with Gasteiger partial charge in [0, 0.05) is 24.4 Å². The molecule has 2 unspecified atom stereocenters. The van der Waals surface area contributed by atoms with E-state index in [-0.39, 0.29) is 27.1 Å². The van der Waals surface area contributed by atoms with Crippen molar-refractivity contribution in [3.8, 4) is 6.07 Å². The summed E-state index contributed by atoms with van der Waals surface area (Å²) in [6.07, 6.45) is -1.17. The molecule has 1 aromatic heterocycles. The Morgan fingerprint density at radius 2 is 2.33 bits per heavy atom. The number of aliphatic hydroxyl groups excluding tert-OH is 2. The fraction of sp³-hybridized carbons (Fsp3) is 0.364. The van der Waals surface area contributed by atoms with E-state index in [0.717, 1.165) is 11.8 Å². The van der Waals surface area contributed by atoms with Gasteiger partial charge in [0.1, 0.15) is 17.3 Å². The molecule has 0 radical (unpaired) electrons. The van der Waals surface area contributed by atoms with Crippen LogP contribution < -0.4 is 0 Å². The van der Waals surface area contributed by atoms with Crippen molar-refractivity contribution in [1.82, 2.24) is 4.98 Å². The molecule has 0 aliphatic heterocycles. The second-order valence-electron chi connectivity index (χ2n) is 3.53. The van der Waals surface area contributed by atoms with Crippen LogP contribution in [-0.4, -0.2) is 32.2 Å². The third-order valence-electron chi connectivity index (χ3n) is 2.14. The molecule has 1 aromatic rings. The number of nitrogens with zero attached hydrogens (tertiary/aromatic N) is 2. The predicted molar refractivity (Wildman–Crippen MR) is 68.1 cm³/mol. The summed E-state index contributed by atoms with van der Waals surface area (Å²) >= 11 is 6.69. The SMILES string of the molecule is CC(=O)SCC(O)C(O)c1cc(C#N)cnc1Cl. The fourth-order valence-corrected chi connectivity index (χ4v) is 2.04. The lowest BCUT2D eigenvalue weighted by Gasteiger charge is -2.18. The van der Waals surface area contributed by atoms with Gasteiger partial charge in [-0.3, -0.25) is 4.79 Å². The molecule has 0 saturated heterocycles. The summed E-state index contributed by atoms with van der Waals surface area (Å²) in [5, 5.41) is 28.2.